The quantitative estimate of drug-likeness (QED) is 0.945. The lowest BCUT2D eigenvalue weighted by Gasteiger charge is -2.10. The molecule has 3 nitrogen and oxygen atoms in total. The number of hydrogen-bond acceptors (Lipinski definition) is 2. The number of aliphatic hydroxyl groups is 1. The van der Waals surface area contributed by atoms with Crippen molar-refractivity contribution in [2.75, 3.05) is 0 Å². The zero-order chi connectivity index (χ0) is 12.4. The predicted molar refractivity (Wildman–Crippen MR) is 71.0 cm³/mol. The zero-order valence-electron chi connectivity index (χ0n) is 9.27. The molecule has 1 unspecified atom stereocenters. The van der Waals surface area contributed by atoms with Gasteiger partial charge < -0.3 is 5.11 Å². The van der Waals surface area contributed by atoms with Crippen LogP contribution in [0.1, 0.15) is 17.4 Å². The van der Waals surface area contributed by atoms with Crippen LogP contribution in [0.4, 0.5) is 0 Å². The Morgan fingerprint density at radius 2 is 2.24 bits per heavy atom. The lowest BCUT2D eigenvalue weighted by molar-refractivity contribution is 0.177. The number of nitrogens with zero attached hydrogens (tertiary/aromatic N) is 2. The van der Waals surface area contributed by atoms with Gasteiger partial charge in [-0.1, -0.05) is 17.7 Å². The van der Waals surface area contributed by atoms with Crippen LogP contribution in [-0.4, -0.2) is 14.9 Å². The molecule has 0 saturated heterocycles. The van der Waals surface area contributed by atoms with Crippen LogP contribution in [0.5, 0.6) is 0 Å². The highest BCUT2D eigenvalue weighted by molar-refractivity contribution is 9.10. The Morgan fingerprint density at radius 1 is 1.47 bits per heavy atom. The molecule has 0 aliphatic heterocycles. The summed E-state index contributed by atoms with van der Waals surface area (Å²) in [5, 5.41) is 14.9. The van der Waals surface area contributed by atoms with Crippen LogP contribution in [-0.2, 0) is 13.5 Å². The van der Waals surface area contributed by atoms with Gasteiger partial charge in [-0.25, -0.2) is 0 Å². The minimum atomic E-state index is -0.588. The predicted octanol–water partition coefficient (Wildman–Crippen LogP) is 3.11. The van der Waals surface area contributed by atoms with E-state index < -0.39 is 6.10 Å². The molecule has 2 aromatic rings. The Balaban J connectivity index is 2.14. The third-order valence-corrected chi connectivity index (χ3v) is 3.73. The standard InChI is InChI=1S/C12H12BrClN2O/c1-16-5-4-9(15-16)7-12(17)8-2-3-10(13)11(14)6-8/h2-6,12,17H,7H2,1H3. The molecule has 5 heteroatoms. The summed E-state index contributed by atoms with van der Waals surface area (Å²) in [7, 11) is 1.85. The van der Waals surface area contributed by atoms with Gasteiger partial charge in [0.2, 0.25) is 0 Å². The smallest absolute Gasteiger partial charge is 0.0846 e. The molecule has 1 aromatic carbocycles. The number of benzene rings is 1. The van der Waals surface area contributed by atoms with Crippen molar-refractivity contribution < 1.29 is 5.11 Å². The summed E-state index contributed by atoms with van der Waals surface area (Å²) in [5.74, 6) is 0. The van der Waals surface area contributed by atoms with Gasteiger partial charge in [-0.2, -0.15) is 5.10 Å². The first-order valence-electron chi connectivity index (χ1n) is 5.18. The van der Waals surface area contributed by atoms with Crippen molar-refractivity contribution in [3.63, 3.8) is 0 Å². The molecule has 0 aliphatic carbocycles. The molecule has 0 fully saturated rings. The van der Waals surface area contributed by atoms with E-state index in [9.17, 15) is 5.11 Å². The fourth-order valence-corrected chi connectivity index (χ4v) is 2.04. The second-order valence-electron chi connectivity index (χ2n) is 3.87. The average molecular weight is 316 g/mol. The molecule has 2 rings (SSSR count). The Morgan fingerprint density at radius 3 is 2.82 bits per heavy atom. The van der Waals surface area contributed by atoms with Gasteiger partial charge >= 0.3 is 0 Å². The Kier molecular flexibility index (Phi) is 3.86. The molecule has 1 atom stereocenters. The average Bonchev–Trinajstić information content (AvgIpc) is 2.68. The van der Waals surface area contributed by atoms with E-state index in [1.807, 2.05) is 31.4 Å². The highest BCUT2D eigenvalue weighted by Gasteiger charge is 2.11. The largest absolute Gasteiger partial charge is 0.388 e. The number of aryl methyl sites for hydroxylation is 1. The first-order valence-corrected chi connectivity index (χ1v) is 6.35. The SMILES string of the molecule is Cn1ccc(CC(O)c2ccc(Br)c(Cl)c2)n1. The highest BCUT2D eigenvalue weighted by atomic mass is 79.9. The summed E-state index contributed by atoms with van der Waals surface area (Å²) in [5.41, 5.74) is 1.66. The summed E-state index contributed by atoms with van der Waals surface area (Å²) in [6.45, 7) is 0. The molecular weight excluding hydrogens is 304 g/mol. The lowest BCUT2D eigenvalue weighted by Crippen LogP contribution is -2.03. The van der Waals surface area contributed by atoms with Gasteiger partial charge in [-0.05, 0) is 39.7 Å². The van der Waals surface area contributed by atoms with Crippen LogP contribution in [0.3, 0.4) is 0 Å². The fourth-order valence-electron chi connectivity index (χ4n) is 1.61. The molecule has 0 spiro atoms. The van der Waals surface area contributed by atoms with Crippen molar-refractivity contribution in [3.05, 3.63) is 51.2 Å². The van der Waals surface area contributed by atoms with Gasteiger partial charge in [0.05, 0.1) is 16.8 Å². The normalized spacial score (nSPS) is 12.7. The third-order valence-electron chi connectivity index (χ3n) is 2.50. The Labute approximate surface area is 113 Å². The van der Waals surface area contributed by atoms with Crippen molar-refractivity contribution >= 4 is 27.5 Å². The van der Waals surface area contributed by atoms with Gasteiger partial charge in [0, 0.05) is 24.1 Å². The molecule has 1 N–H and O–H groups in total. The maximum atomic E-state index is 10.1. The molecule has 0 saturated carbocycles. The van der Waals surface area contributed by atoms with Crippen molar-refractivity contribution in [1.29, 1.82) is 0 Å². The number of aliphatic hydroxyl groups excluding tert-OH is 1. The van der Waals surface area contributed by atoms with E-state index in [0.29, 0.717) is 11.4 Å². The molecular formula is C12H12BrClN2O. The second kappa shape index (κ2) is 5.21. The van der Waals surface area contributed by atoms with Crippen molar-refractivity contribution in [2.24, 2.45) is 7.05 Å². The van der Waals surface area contributed by atoms with E-state index in [4.69, 9.17) is 11.6 Å². The van der Waals surface area contributed by atoms with Crippen molar-refractivity contribution in [3.8, 4) is 0 Å². The third kappa shape index (κ3) is 3.09. The topological polar surface area (TPSA) is 38.0 Å². The van der Waals surface area contributed by atoms with Crippen molar-refractivity contribution in [2.45, 2.75) is 12.5 Å². The second-order valence-corrected chi connectivity index (χ2v) is 5.14. The van der Waals surface area contributed by atoms with Crippen LogP contribution in [0.15, 0.2) is 34.9 Å². The molecule has 17 heavy (non-hydrogen) atoms. The molecule has 1 aromatic heterocycles. The highest BCUT2D eigenvalue weighted by Crippen LogP contribution is 2.27. The van der Waals surface area contributed by atoms with Gasteiger partial charge in [-0.3, -0.25) is 4.68 Å². The van der Waals surface area contributed by atoms with E-state index in [2.05, 4.69) is 21.0 Å². The maximum absolute atomic E-state index is 10.1. The summed E-state index contributed by atoms with van der Waals surface area (Å²) < 4.78 is 2.55. The summed E-state index contributed by atoms with van der Waals surface area (Å²) in [4.78, 5) is 0. The van der Waals surface area contributed by atoms with Crippen LogP contribution < -0.4 is 0 Å². The molecule has 1 heterocycles. The number of aromatic nitrogens is 2. The minimum absolute atomic E-state index is 0.485. The summed E-state index contributed by atoms with van der Waals surface area (Å²) in [6.07, 6.45) is 1.76. The van der Waals surface area contributed by atoms with Crippen LogP contribution >= 0.6 is 27.5 Å². The summed E-state index contributed by atoms with van der Waals surface area (Å²) >= 11 is 9.31. The molecule has 0 bridgehead atoms. The molecule has 0 aliphatic rings. The van der Waals surface area contributed by atoms with E-state index in [0.717, 1.165) is 15.7 Å². The van der Waals surface area contributed by atoms with E-state index in [1.165, 1.54) is 0 Å². The Bertz CT molecular complexity index is 527. The lowest BCUT2D eigenvalue weighted by atomic mass is 10.1. The van der Waals surface area contributed by atoms with E-state index >= 15 is 0 Å². The van der Waals surface area contributed by atoms with E-state index in [1.54, 1.807) is 10.7 Å². The van der Waals surface area contributed by atoms with Gasteiger partial charge in [-0.15, -0.1) is 0 Å². The Hall–Kier alpha value is -0.840. The minimum Gasteiger partial charge on any atom is -0.388 e. The first kappa shape index (κ1) is 12.6. The number of rotatable bonds is 3. The number of halogens is 2. The van der Waals surface area contributed by atoms with Gasteiger partial charge in [0.15, 0.2) is 0 Å². The monoisotopic (exact) mass is 314 g/mol. The van der Waals surface area contributed by atoms with Crippen LogP contribution in [0.2, 0.25) is 5.02 Å². The molecule has 0 amide bonds. The first-order chi connectivity index (χ1) is 8.06. The van der Waals surface area contributed by atoms with Crippen molar-refractivity contribution in [1.82, 2.24) is 9.78 Å². The van der Waals surface area contributed by atoms with Crippen LogP contribution in [0, 0.1) is 0 Å². The number of hydrogen-bond donors (Lipinski definition) is 1. The van der Waals surface area contributed by atoms with E-state index in [-0.39, 0.29) is 0 Å². The maximum Gasteiger partial charge on any atom is 0.0846 e. The molecule has 90 valence electrons. The van der Waals surface area contributed by atoms with Gasteiger partial charge in [0.1, 0.15) is 0 Å². The molecule has 0 radical (unpaired) electrons. The van der Waals surface area contributed by atoms with Crippen LogP contribution in [0.25, 0.3) is 0 Å². The van der Waals surface area contributed by atoms with Gasteiger partial charge in [0.25, 0.3) is 0 Å². The summed E-state index contributed by atoms with van der Waals surface area (Å²) in [6, 6.07) is 7.34. The fraction of sp³-hybridized carbons (Fsp3) is 0.250. The zero-order valence-corrected chi connectivity index (χ0v) is 11.6.